The first kappa shape index (κ1) is 12.1. The zero-order valence-electron chi connectivity index (χ0n) is 10.1. The van der Waals surface area contributed by atoms with Crippen molar-refractivity contribution >= 4 is 17.3 Å². The van der Waals surface area contributed by atoms with Crippen molar-refractivity contribution in [2.75, 3.05) is 11.1 Å². The number of halogens is 1. The maximum absolute atomic E-state index is 13.6. The van der Waals surface area contributed by atoms with Gasteiger partial charge >= 0.3 is 0 Å². The maximum Gasteiger partial charge on any atom is 0.278 e. The molecule has 0 saturated heterocycles. The fourth-order valence-electron chi connectivity index (χ4n) is 1.59. The van der Waals surface area contributed by atoms with Crippen molar-refractivity contribution in [2.24, 2.45) is 7.05 Å². The number of nitrogen functional groups attached to an aromatic ring is 1. The second-order valence-corrected chi connectivity index (χ2v) is 4.04. The highest BCUT2D eigenvalue weighted by Gasteiger charge is 2.15. The summed E-state index contributed by atoms with van der Waals surface area (Å²) in [6.45, 7) is 1.77. The summed E-state index contributed by atoms with van der Waals surface area (Å²) >= 11 is 0. The maximum atomic E-state index is 13.6. The van der Waals surface area contributed by atoms with Crippen LogP contribution in [0.4, 0.5) is 15.8 Å². The third-order valence-corrected chi connectivity index (χ3v) is 2.44. The van der Waals surface area contributed by atoms with E-state index in [0.29, 0.717) is 0 Å². The van der Waals surface area contributed by atoms with E-state index in [1.165, 1.54) is 23.0 Å². The third kappa shape index (κ3) is 2.32. The van der Waals surface area contributed by atoms with E-state index in [1.54, 1.807) is 20.0 Å². The van der Waals surface area contributed by atoms with Gasteiger partial charge in [0.2, 0.25) is 0 Å². The smallest absolute Gasteiger partial charge is 0.278 e. The zero-order chi connectivity index (χ0) is 13.3. The van der Waals surface area contributed by atoms with E-state index in [9.17, 15) is 9.18 Å². The molecule has 0 unspecified atom stereocenters. The number of benzene rings is 1. The lowest BCUT2D eigenvalue weighted by molar-refractivity contribution is 0.102. The number of anilines is 2. The molecule has 2 rings (SSSR count). The molecule has 18 heavy (non-hydrogen) atoms. The Morgan fingerprint density at radius 2 is 2.22 bits per heavy atom. The van der Waals surface area contributed by atoms with Gasteiger partial charge in [0.15, 0.2) is 5.69 Å². The Hall–Kier alpha value is -2.37. The molecule has 0 bridgehead atoms. The first-order valence-electron chi connectivity index (χ1n) is 5.34. The van der Waals surface area contributed by atoms with Crippen molar-refractivity contribution in [1.29, 1.82) is 0 Å². The summed E-state index contributed by atoms with van der Waals surface area (Å²) in [5, 5.41) is 6.35. The van der Waals surface area contributed by atoms with Crippen LogP contribution in [0.1, 0.15) is 16.1 Å². The minimum Gasteiger partial charge on any atom is -0.396 e. The lowest BCUT2D eigenvalue weighted by Gasteiger charge is -2.05. The Kier molecular flexibility index (Phi) is 3.01. The monoisotopic (exact) mass is 248 g/mol. The van der Waals surface area contributed by atoms with Gasteiger partial charge < -0.3 is 11.1 Å². The summed E-state index contributed by atoms with van der Waals surface area (Å²) in [5.41, 5.74) is 6.84. The summed E-state index contributed by atoms with van der Waals surface area (Å²) in [6.07, 6.45) is 1.51. The van der Waals surface area contributed by atoms with Gasteiger partial charge in [-0.05, 0) is 24.6 Å². The van der Waals surface area contributed by atoms with Gasteiger partial charge in [0.1, 0.15) is 5.82 Å². The largest absolute Gasteiger partial charge is 0.396 e. The normalized spacial score (nSPS) is 10.4. The van der Waals surface area contributed by atoms with E-state index in [4.69, 9.17) is 5.73 Å². The summed E-state index contributed by atoms with van der Waals surface area (Å²) in [4.78, 5) is 11.9. The fourth-order valence-corrected chi connectivity index (χ4v) is 1.59. The molecular weight excluding hydrogens is 235 g/mol. The number of rotatable bonds is 2. The molecule has 0 aliphatic rings. The molecule has 1 aromatic heterocycles. The van der Waals surface area contributed by atoms with Gasteiger partial charge in [0, 0.05) is 13.2 Å². The Morgan fingerprint density at radius 1 is 1.50 bits per heavy atom. The molecule has 1 amide bonds. The van der Waals surface area contributed by atoms with E-state index in [-0.39, 0.29) is 17.1 Å². The SMILES string of the molecule is Cc1ccc(NC(=O)c2nn(C)cc2N)c(F)c1. The van der Waals surface area contributed by atoms with Crippen molar-refractivity contribution in [2.45, 2.75) is 6.92 Å². The first-order chi connectivity index (χ1) is 8.47. The Bertz CT molecular complexity index is 606. The van der Waals surface area contributed by atoms with Crippen LogP contribution in [-0.2, 0) is 7.05 Å². The number of carbonyl (C=O) groups excluding carboxylic acids is 1. The van der Waals surface area contributed by atoms with Crippen LogP contribution < -0.4 is 11.1 Å². The third-order valence-electron chi connectivity index (χ3n) is 2.44. The average Bonchev–Trinajstić information content (AvgIpc) is 2.62. The minimum atomic E-state index is -0.532. The van der Waals surface area contributed by atoms with Gasteiger partial charge in [0.25, 0.3) is 5.91 Å². The lowest BCUT2D eigenvalue weighted by Crippen LogP contribution is -2.15. The highest BCUT2D eigenvalue weighted by atomic mass is 19.1. The number of nitrogens with two attached hydrogens (primary N) is 1. The average molecular weight is 248 g/mol. The van der Waals surface area contributed by atoms with E-state index in [0.717, 1.165) is 5.56 Å². The molecule has 0 aliphatic heterocycles. The summed E-state index contributed by atoms with van der Waals surface area (Å²) < 4.78 is 15.0. The topological polar surface area (TPSA) is 72.9 Å². The standard InChI is InChI=1S/C12H13FN4O/c1-7-3-4-10(8(13)5-7)15-12(18)11-9(14)6-17(2)16-11/h3-6H,14H2,1-2H3,(H,15,18). The molecule has 0 fully saturated rings. The van der Waals surface area contributed by atoms with Gasteiger partial charge in [-0.15, -0.1) is 0 Å². The van der Waals surface area contributed by atoms with Crippen LogP contribution in [0.5, 0.6) is 0 Å². The molecule has 0 radical (unpaired) electrons. The number of hydrogen-bond donors (Lipinski definition) is 2. The highest BCUT2D eigenvalue weighted by Crippen LogP contribution is 2.17. The molecular formula is C12H13FN4O. The first-order valence-corrected chi connectivity index (χ1v) is 5.34. The molecule has 0 saturated carbocycles. The molecule has 3 N–H and O–H groups in total. The Balaban J connectivity index is 2.24. The molecule has 6 heteroatoms. The van der Waals surface area contributed by atoms with Crippen LogP contribution in [-0.4, -0.2) is 15.7 Å². The van der Waals surface area contributed by atoms with Crippen LogP contribution in [0.2, 0.25) is 0 Å². The van der Waals surface area contributed by atoms with Gasteiger partial charge in [-0.2, -0.15) is 5.10 Å². The van der Waals surface area contributed by atoms with Gasteiger partial charge in [-0.25, -0.2) is 4.39 Å². The van der Waals surface area contributed by atoms with E-state index in [1.807, 2.05) is 0 Å². The zero-order valence-corrected chi connectivity index (χ0v) is 10.1. The number of aromatic nitrogens is 2. The van der Waals surface area contributed by atoms with E-state index >= 15 is 0 Å². The molecule has 0 aliphatic carbocycles. The Morgan fingerprint density at radius 3 is 2.78 bits per heavy atom. The molecule has 94 valence electrons. The van der Waals surface area contributed by atoms with Gasteiger partial charge in [0.05, 0.1) is 11.4 Å². The van der Waals surface area contributed by atoms with Crippen molar-refractivity contribution in [3.05, 3.63) is 41.5 Å². The predicted molar refractivity (Wildman–Crippen MR) is 66.7 cm³/mol. The highest BCUT2D eigenvalue weighted by molar-refractivity contribution is 6.06. The van der Waals surface area contributed by atoms with Crippen molar-refractivity contribution in [1.82, 2.24) is 9.78 Å². The van der Waals surface area contributed by atoms with Crippen molar-refractivity contribution < 1.29 is 9.18 Å². The minimum absolute atomic E-state index is 0.0810. The number of hydrogen-bond acceptors (Lipinski definition) is 3. The van der Waals surface area contributed by atoms with Crippen LogP contribution >= 0.6 is 0 Å². The van der Waals surface area contributed by atoms with Crippen LogP contribution in [0.3, 0.4) is 0 Å². The lowest BCUT2D eigenvalue weighted by atomic mass is 10.2. The van der Waals surface area contributed by atoms with Crippen LogP contribution in [0.25, 0.3) is 0 Å². The van der Waals surface area contributed by atoms with E-state index in [2.05, 4.69) is 10.4 Å². The summed E-state index contributed by atoms with van der Waals surface area (Å²) in [7, 11) is 1.65. The molecule has 1 aromatic carbocycles. The van der Waals surface area contributed by atoms with Gasteiger partial charge in [-0.1, -0.05) is 6.07 Å². The predicted octanol–water partition coefficient (Wildman–Crippen LogP) is 1.70. The molecule has 2 aromatic rings. The number of nitrogens with zero attached hydrogens (tertiary/aromatic N) is 2. The number of amides is 1. The van der Waals surface area contributed by atoms with Crippen LogP contribution in [0.15, 0.2) is 24.4 Å². The molecule has 1 heterocycles. The van der Waals surface area contributed by atoms with Crippen molar-refractivity contribution in [3.8, 4) is 0 Å². The van der Waals surface area contributed by atoms with E-state index < -0.39 is 11.7 Å². The number of aryl methyl sites for hydroxylation is 2. The fraction of sp³-hybridized carbons (Fsp3) is 0.167. The van der Waals surface area contributed by atoms with Gasteiger partial charge in [-0.3, -0.25) is 9.48 Å². The van der Waals surface area contributed by atoms with Crippen molar-refractivity contribution in [3.63, 3.8) is 0 Å². The summed E-state index contributed by atoms with van der Waals surface area (Å²) in [5.74, 6) is -1.02. The second-order valence-electron chi connectivity index (χ2n) is 4.04. The molecule has 0 spiro atoms. The van der Waals surface area contributed by atoms with Crippen LogP contribution in [0, 0.1) is 12.7 Å². The summed E-state index contributed by atoms with van der Waals surface area (Å²) in [6, 6.07) is 4.56. The quantitative estimate of drug-likeness (QED) is 0.849. The second kappa shape index (κ2) is 4.48. The number of carbonyl (C=O) groups is 1. The Labute approximate surface area is 103 Å². The molecule has 0 atom stereocenters. The molecule has 5 nitrogen and oxygen atoms in total. The number of nitrogens with one attached hydrogen (secondary N) is 1.